The number of nitrogens with zero attached hydrogens (tertiary/aromatic N) is 1. The lowest BCUT2D eigenvalue weighted by Gasteiger charge is -2.30. The standard InChI is InChI=1S/C17H14ClNO2S/c1-9(20)11-4-5-14-16(6-11)22-17-7-12(10(2)21)13(18)8-15(17)19(14)3/h4-8H,1-3H3. The van der Waals surface area contributed by atoms with Gasteiger partial charge in [0.25, 0.3) is 0 Å². The summed E-state index contributed by atoms with van der Waals surface area (Å²) in [5, 5.41) is 0.461. The molecule has 0 spiro atoms. The van der Waals surface area contributed by atoms with Crippen LogP contribution in [0.2, 0.25) is 5.02 Å². The van der Waals surface area contributed by atoms with Crippen molar-refractivity contribution < 1.29 is 9.59 Å². The third kappa shape index (κ3) is 2.42. The summed E-state index contributed by atoms with van der Waals surface area (Å²) < 4.78 is 0. The minimum absolute atomic E-state index is 0.0392. The summed E-state index contributed by atoms with van der Waals surface area (Å²) in [6.07, 6.45) is 0. The highest BCUT2D eigenvalue weighted by atomic mass is 35.5. The molecule has 0 radical (unpaired) electrons. The first kappa shape index (κ1) is 15.1. The van der Waals surface area contributed by atoms with E-state index in [4.69, 9.17) is 11.6 Å². The van der Waals surface area contributed by atoms with Gasteiger partial charge in [0.1, 0.15) is 0 Å². The highest BCUT2D eigenvalue weighted by Gasteiger charge is 2.23. The lowest BCUT2D eigenvalue weighted by atomic mass is 10.1. The summed E-state index contributed by atoms with van der Waals surface area (Å²) in [6, 6.07) is 9.31. The van der Waals surface area contributed by atoms with Crippen molar-refractivity contribution >= 4 is 46.3 Å². The second kappa shape index (κ2) is 5.45. The van der Waals surface area contributed by atoms with Gasteiger partial charge in [0.05, 0.1) is 16.4 Å². The minimum atomic E-state index is -0.0562. The molecule has 112 valence electrons. The molecular weight excluding hydrogens is 318 g/mol. The maximum Gasteiger partial charge on any atom is 0.161 e. The zero-order chi connectivity index (χ0) is 16.0. The molecule has 0 saturated heterocycles. The summed E-state index contributed by atoms with van der Waals surface area (Å²) in [4.78, 5) is 27.2. The predicted octanol–water partition coefficient (Wildman–Crippen LogP) is 4.98. The van der Waals surface area contributed by atoms with E-state index >= 15 is 0 Å². The number of fused-ring (bicyclic) bond motifs is 2. The Morgan fingerprint density at radius 2 is 1.68 bits per heavy atom. The Kier molecular flexibility index (Phi) is 3.75. The Labute approximate surface area is 138 Å². The zero-order valence-electron chi connectivity index (χ0n) is 12.4. The van der Waals surface area contributed by atoms with Gasteiger partial charge in [-0.25, -0.2) is 0 Å². The predicted molar refractivity (Wildman–Crippen MR) is 90.1 cm³/mol. The molecule has 3 nitrogen and oxygen atoms in total. The monoisotopic (exact) mass is 331 g/mol. The molecule has 3 rings (SSSR count). The lowest BCUT2D eigenvalue weighted by Crippen LogP contribution is -2.15. The van der Waals surface area contributed by atoms with E-state index < -0.39 is 0 Å². The number of halogens is 1. The van der Waals surface area contributed by atoms with Crippen molar-refractivity contribution in [1.29, 1.82) is 0 Å². The van der Waals surface area contributed by atoms with Crippen molar-refractivity contribution in [3.05, 3.63) is 46.5 Å². The van der Waals surface area contributed by atoms with Crippen molar-refractivity contribution in [1.82, 2.24) is 0 Å². The molecule has 1 heterocycles. The van der Waals surface area contributed by atoms with Crippen molar-refractivity contribution in [2.24, 2.45) is 0 Å². The van der Waals surface area contributed by atoms with Crippen LogP contribution in [0.5, 0.6) is 0 Å². The molecule has 0 atom stereocenters. The van der Waals surface area contributed by atoms with E-state index in [0.717, 1.165) is 21.2 Å². The first-order valence-electron chi connectivity index (χ1n) is 6.79. The van der Waals surface area contributed by atoms with E-state index in [9.17, 15) is 9.59 Å². The Balaban J connectivity index is 2.14. The Morgan fingerprint density at radius 1 is 1.00 bits per heavy atom. The van der Waals surface area contributed by atoms with Gasteiger partial charge in [0, 0.05) is 28.0 Å². The summed E-state index contributed by atoms with van der Waals surface area (Å²) in [5.41, 5.74) is 3.19. The fourth-order valence-electron chi connectivity index (χ4n) is 2.50. The second-order valence-electron chi connectivity index (χ2n) is 5.26. The van der Waals surface area contributed by atoms with Crippen LogP contribution in [0, 0.1) is 0 Å². The molecule has 1 aliphatic rings. The van der Waals surface area contributed by atoms with Crippen LogP contribution in [0.25, 0.3) is 0 Å². The third-order valence-corrected chi connectivity index (χ3v) is 5.14. The second-order valence-corrected chi connectivity index (χ2v) is 6.75. The molecule has 0 fully saturated rings. The molecule has 0 bridgehead atoms. The van der Waals surface area contributed by atoms with Crippen LogP contribution in [0.15, 0.2) is 40.1 Å². The van der Waals surface area contributed by atoms with Gasteiger partial charge >= 0.3 is 0 Å². The molecule has 0 aromatic heterocycles. The van der Waals surface area contributed by atoms with E-state index in [1.807, 2.05) is 42.3 Å². The van der Waals surface area contributed by atoms with Gasteiger partial charge in [-0.05, 0) is 44.2 Å². The number of ketones is 2. The smallest absolute Gasteiger partial charge is 0.161 e. The number of carbonyl (C=O) groups excluding carboxylic acids is 2. The molecule has 5 heteroatoms. The topological polar surface area (TPSA) is 37.4 Å². The fourth-order valence-corrected chi connectivity index (χ4v) is 4.00. The number of carbonyl (C=O) groups is 2. The normalized spacial score (nSPS) is 12.6. The van der Waals surface area contributed by atoms with E-state index in [1.165, 1.54) is 6.92 Å². The summed E-state index contributed by atoms with van der Waals surface area (Å²) in [7, 11) is 1.95. The van der Waals surface area contributed by atoms with Crippen LogP contribution in [-0.4, -0.2) is 18.6 Å². The zero-order valence-corrected chi connectivity index (χ0v) is 14.0. The molecule has 0 saturated carbocycles. The van der Waals surface area contributed by atoms with Crippen LogP contribution in [0.3, 0.4) is 0 Å². The first-order chi connectivity index (χ1) is 10.4. The average molecular weight is 332 g/mol. The van der Waals surface area contributed by atoms with E-state index in [2.05, 4.69) is 0 Å². The molecule has 0 N–H and O–H groups in total. The largest absolute Gasteiger partial charge is 0.343 e. The number of benzene rings is 2. The van der Waals surface area contributed by atoms with Gasteiger partial charge in [-0.1, -0.05) is 23.4 Å². The van der Waals surface area contributed by atoms with Crippen LogP contribution in [0.4, 0.5) is 11.4 Å². The van der Waals surface area contributed by atoms with E-state index in [-0.39, 0.29) is 11.6 Å². The summed E-state index contributed by atoms with van der Waals surface area (Å²) in [6.45, 7) is 3.06. The van der Waals surface area contributed by atoms with E-state index in [0.29, 0.717) is 16.1 Å². The fraction of sp³-hybridized carbons (Fsp3) is 0.176. The molecule has 0 unspecified atom stereocenters. The first-order valence-corrected chi connectivity index (χ1v) is 7.99. The highest BCUT2D eigenvalue weighted by Crippen LogP contribution is 2.49. The summed E-state index contributed by atoms with van der Waals surface area (Å²) >= 11 is 7.77. The maximum atomic E-state index is 11.7. The Bertz CT molecular complexity index is 817. The van der Waals surface area contributed by atoms with Crippen molar-refractivity contribution in [3.8, 4) is 0 Å². The lowest BCUT2D eigenvalue weighted by molar-refractivity contribution is 0.100. The Hall–Kier alpha value is -1.78. The molecular formula is C17H14ClNO2S. The van der Waals surface area contributed by atoms with Gasteiger partial charge in [0.2, 0.25) is 0 Å². The number of hydrogen-bond donors (Lipinski definition) is 0. The van der Waals surface area contributed by atoms with Crippen molar-refractivity contribution in [2.75, 3.05) is 11.9 Å². The molecule has 1 aliphatic heterocycles. The van der Waals surface area contributed by atoms with E-state index in [1.54, 1.807) is 18.7 Å². The number of rotatable bonds is 2. The quantitative estimate of drug-likeness (QED) is 0.727. The third-order valence-electron chi connectivity index (χ3n) is 3.74. The van der Waals surface area contributed by atoms with Gasteiger partial charge in [-0.3, -0.25) is 9.59 Å². The van der Waals surface area contributed by atoms with Crippen molar-refractivity contribution in [3.63, 3.8) is 0 Å². The number of anilines is 2. The van der Waals surface area contributed by atoms with Crippen LogP contribution in [-0.2, 0) is 0 Å². The molecule has 22 heavy (non-hydrogen) atoms. The Morgan fingerprint density at radius 3 is 2.32 bits per heavy atom. The van der Waals surface area contributed by atoms with Gasteiger partial charge < -0.3 is 4.90 Å². The van der Waals surface area contributed by atoms with Gasteiger partial charge in [0.15, 0.2) is 11.6 Å². The SMILES string of the molecule is CC(=O)c1ccc2c(c1)Sc1cc(C(C)=O)c(Cl)cc1N2C. The molecule has 0 amide bonds. The number of hydrogen-bond acceptors (Lipinski definition) is 4. The van der Waals surface area contributed by atoms with Gasteiger partial charge in [-0.15, -0.1) is 0 Å². The highest BCUT2D eigenvalue weighted by molar-refractivity contribution is 7.99. The van der Waals surface area contributed by atoms with Gasteiger partial charge in [-0.2, -0.15) is 0 Å². The average Bonchev–Trinajstić information content (AvgIpc) is 2.47. The molecule has 2 aromatic rings. The summed E-state index contributed by atoms with van der Waals surface area (Å²) in [5.74, 6) is -0.0169. The van der Waals surface area contributed by atoms with Crippen molar-refractivity contribution in [2.45, 2.75) is 23.6 Å². The van der Waals surface area contributed by atoms with Crippen LogP contribution >= 0.6 is 23.4 Å². The number of Topliss-reactive ketones (excluding diaryl/α,β-unsaturated/α-hetero) is 2. The minimum Gasteiger partial charge on any atom is -0.343 e. The molecule has 2 aromatic carbocycles. The maximum absolute atomic E-state index is 11.7. The molecule has 0 aliphatic carbocycles. The van der Waals surface area contributed by atoms with Crippen LogP contribution in [0.1, 0.15) is 34.6 Å². The van der Waals surface area contributed by atoms with Crippen LogP contribution < -0.4 is 4.90 Å².